The first-order chi connectivity index (χ1) is 16.1. The van der Waals surface area contributed by atoms with Gasteiger partial charge < -0.3 is 0 Å². The lowest BCUT2D eigenvalue weighted by Gasteiger charge is -2.21. The molecule has 2 aromatic rings. The first-order valence-electron chi connectivity index (χ1n) is 10.1. The van der Waals surface area contributed by atoms with E-state index < -0.39 is 35.5 Å². The van der Waals surface area contributed by atoms with Crippen molar-refractivity contribution in [3.8, 4) is 0 Å². The quantitative estimate of drug-likeness (QED) is 0.327. The molecule has 34 heavy (non-hydrogen) atoms. The Labute approximate surface area is 202 Å². The van der Waals surface area contributed by atoms with Gasteiger partial charge in [0.05, 0.1) is 22.6 Å². The molecule has 2 aliphatic rings. The first kappa shape index (κ1) is 23.9. The van der Waals surface area contributed by atoms with Crippen LogP contribution in [0.3, 0.4) is 0 Å². The molecule has 4 rings (SSSR count). The van der Waals surface area contributed by atoms with Crippen molar-refractivity contribution in [3.63, 3.8) is 0 Å². The van der Waals surface area contributed by atoms with E-state index in [2.05, 4.69) is 0 Å². The van der Waals surface area contributed by atoms with E-state index in [1.807, 2.05) is 43.3 Å². The molecule has 10 heteroatoms. The molecule has 0 bridgehead atoms. The number of alkyl halides is 3. The Morgan fingerprint density at radius 3 is 2.47 bits per heavy atom. The lowest BCUT2D eigenvalue weighted by Crippen LogP contribution is -2.44. The van der Waals surface area contributed by atoms with Crippen molar-refractivity contribution >= 4 is 57.8 Å². The van der Waals surface area contributed by atoms with E-state index in [4.69, 9.17) is 12.2 Å². The molecule has 3 amide bonds. The summed E-state index contributed by atoms with van der Waals surface area (Å²) >= 11 is 6.32. The summed E-state index contributed by atoms with van der Waals surface area (Å²) in [6.45, 7) is 1.82. The minimum atomic E-state index is -4.63. The van der Waals surface area contributed by atoms with Crippen LogP contribution in [0.1, 0.15) is 24.5 Å². The number of carbonyl (C=O) groups excluding carboxylic acids is 3. The third-order valence-corrected chi connectivity index (χ3v) is 6.57. The van der Waals surface area contributed by atoms with E-state index in [1.165, 1.54) is 6.07 Å². The molecule has 2 saturated heterocycles. The number of imide groups is 1. The van der Waals surface area contributed by atoms with E-state index in [1.54, 1.807) is 6.08 Å². The minimum Gasteiger partial charge on any atom is -0.280 e. The molecule has 2 aromatic carbocycles. The molecular formula is C24H17F3N2O3S2. The normalized spacial score (nSPS) is 20.8. The second-order valence-electron chi connectivity index (χ2n) is 7.69. The largest absolute Gasteiger partial charge is 0.416 e. The zero-order valence-electron chi connectivity index (χ0n) is 17.7. The molecule has 0 aromatic heterocycles. The van der Waals surface area contributed by atoms with Gasteiger partial charge in [-0.1, -0.05) is 66.5 Å². The fourth-order valence-electron chi connectivity index (χ4n) is 3.72. The fraction of sp³-hybridized carbons (Fsp3) is 0.167. The monoisotopic (exact) mass is 502 g/mol. The number of benzene rings is 2. The number of anilines is 1. The van der Waals surface area contributed by atoms with E-state index in [0.717, 1.165) is 46.0 Å². The van der Waals surface area contributed by atoms with Crippen LogP contribution in [0.2, 0.25) is 0 Å². The Morgan fingerprint density at radius 1 is 1.09 bits per heavy atom. The summed E-state index contributed by atoms with van der Waals surface area (Å²) in [7, 11) is 0. The van der Waals surface area contributed by atoms with Crippen molar-refractivity contribution in [3.05, 3.63) is 82.3 Å². The number of rotatable bonds is 4. The van der Waals surface area contributed by atoms with Gasteiger partial charge in [-0.05, 0) is 42.3 Å². The number of thiocarbonyl (C=S) groups is 1. The van der Waals surface area contributed by atoms with Gasteiger partial charge in [0.25, 0.3) is 11.8 Å². The van der Waals surface area contributed by atoms with Crippen LogP contribution in [-0.2, 0) is 20.6 Å². The summed E-state index contributed by atoms with van der Waals surface area (Å²) in [5, 5.41) is 0. The molecule has 2 heterocycles. The van der Waals surface area contributed by atoms with Crippen LogP contribution < -0.4 is 4.90 Å². The number of hydrogen-bond donors (Lipinski definition) is 0. The summed E-state index contributed by atoms with van der Waals surface area (Å²) in [5.41, 5.74) is 0.546. The summed E-state index contributed by atoms with van der Waals surface area (Å²) in [4.78, 5) is 40.8. The molecule has 174 valence electrons. The van der Waals surface area contributed by atoms with Crippen molar-refractivity contribution < 1.29 is 27.6 Å². The van der Waals surface area contributed by atoms with Gasteiger partial charge >= 0.3 is 6.18 Å². The molecule has 0 radical (unpaired) electrons. The SMILES string of the molecule is CC(/C=C1\SC(=S)N([C@H]2CC(=O)N(c3cccc(C(F)(F)F)c3)C2=O)C1=O)=C\c1ccccc1. The average molecular weight is 503 g/mol. The lowest BCUT2D eigenvalue weighted by molar-refractivity contribution is -0.137. The number of allylic oxidation sites excluding steroid dienone is 2. The van der Waals surface area contributed by atoms with Crippen LogP contribution in [0.5, 0.6) is 0 Å². The van der Waals surface area contributed by atoms with Crippen LogP contribution in [0.4, 0.5) is 18.9 Å². The number of carbonyl (C=O) groups is 3. The van der Waals surface area contributed by atoms with E-state index in [-0.39, 0.29) is 16.4 Å². The van der Waals surface area contributed by atoms with Gasteiger partial charge in [-0.15, -0.1) is 0 Å². The Balaban J connectivity index is 1.58. The Bertz CT molecular complexity index is 1260. The summed E-state index contributed by atoms with van der Waals surface area (Å²) in [6.07, 6.45) is -1.47. The van der Waals surface area contributed by atoms with Gasteiger partial charge in [0.2, 0.25) is 5.91 Å². The Hall–Kier alpha value is -3.24. The summed E-state index contributed by atoms with van der Waals surface area (Å²) in [5.74, 6) is -2.02. The van der Waals surface area contributed by atoms with Crippen molar-refractivity contribution in [2.75, 3.05) is 4.90 Å². The van der Waals surface area contributed by atoms with Gasteiger partial charge in [0.15, 0.2) is 0 Å². The highest BCUT2D eigenvalue weighted by molar-refractivity contribution is 8.26. The Kier molecular flexibility index (Phi) is 6.46. The van der Waals surface area contributed by atoms with Gasteiger partial charge in [0.1, 0.15) is 10.4 Å². The second-order valence-corrected chi connectivity index (χ2v) is 9.36. The van der Waals surface area contributed by atoms with Crippen LogP contribution in [-0.4, -0.2) is 33.0 Å². The number of hydrogen-bond acceptors (Lipinski definition) is 5. The zero-order chi connectivity index (χ0) is 24.6. The number of thioether (sulfide) groups is 1. The number of halogens is 3. The molecular weight excluding hydrogens is 485 g/mol. The van der Waals surface area contributed by atoms with E-state index >= 15 is 0 Å². The molecule has 2 fully saturated rings. The van der Waals surface area contributed by atoms with Crippen molar-refractivity contribution in [1.82, 2.24) is 4.90 Å². The van der Waals surface area contributed by atoms with Gasteiger partial charge in [-0.2, -0.15) is 13.2 Å². The Morgan fingerprint density at radius 2 is 1.79 bits per heavy atom. The highest BCUT2D eigenvalue weighted by Gasteiger charge is 2.49. The minimum absolute atomic E-state index is 0.112. The predicted octanol–water partition coefficient (Wildman–Crippen LogP) is 5.19. The van der Waals surface area contributed by atoms with Gasteiger partial charge in [-0.25, -0.2) is 4.90 Å². The fourth-order valence-corrected chi connectivity index (χ4v) is 5.13. The molecule has 0 N–H and O–H groups in total. The van der Waals surface area contributed by atoms with Crippen molar-refractivity contribution in [2.24, 2.45) is 0 Å². The smallest absolute Gasteiger partial charge is 0.280 e. The van der Waals surface area contributed by atoms with Crippen molar-refractivity contribution in [1.29, 1.82) is 0 Å². The summed E-state index contributed by atoms with van der Waals surface area (Å²) in [6, 6.07) is 12.2. The molecule has 0 spiro atoms. The maximum absolute atomic E-state index is 13.1. The highest BCUT2D eigenvalue weighted by atomic mass is 32.2. The average Bonchev–Trinajstić information content (AvgIpc) is 3.21. The third-order valence-electron chi connectivity index (χ3n) is 5.24. The zero-order valence-corrected chi connectivity index (χ0v) is 19.3. The molecule has 2 aliphatic heterocycles. The number of nitrogens with zero attached hydrogens (tertiary/aromatic N) is 2. The summed E-state index contributed by atoms with van der Waals surface area (Å²) < 4.78 is 39.4. The molecule has 0 aliphatic carbocycles. The molecule has 0 unspecified atom stereocenters. The van der Waals surface area contributed by atoms with Gasteiger partial charge in [0, 0.05) is 0 Å². The maximum atomic E-state index is 13.1. The van der Waals surface area contributed by atoms with Crippen molar-refractivity contribution in [2.45, 2.75) is 25.6 Å². The standard InChI is InChI=1S/C24H17F3N2O3S2/c1-14(10-15-6-3-2-4-7-15)11-19-22(32)29(23(33)34-19)18-13-20(30)28(21(18)31)17-9-5-8-16(12-17)24(25,26)27/h2-12,18H,13H2,1H3/b14-10+,19-11-/t18-/m0/s1. The maximum Gasteiger partial charge on any atom is 0.416 e. The van der Waals surface area contributed by atoms with Crippen LogP contribution in [0.25, 0.3) is 6.08 Å². The number of amides is 3. The third kappa shape index (κ3) is 4.69. The molecule has 0 saturated carbocycles. The lowest BCUT2D eigenvalue weighted by atomic mass is 10.1. The molecule has 5 nitrogen and oxygen atoms in total. The van der Waals surface area contributed by atoms with Crippen LogP contribution >= 0.6 is 24.0 Å². The highest BCUT2D eigenvalue weighted by Crippen LogP contribution is 2.38. The first-order valence-corrected chi connectivity index (χ1v) is 11.3. The van der Waals surface area contributed by atoms with Crippen LogP contribution in [0, 0.1) is 0 Å². The van der Waals surface area contributed by atoms with E-state index in [0.29, 0.717) is 9.81 Å². The topological polar surface area (TPSA) is 57.7 Å². The van der Waals surface area contributed by atoms with Gasteiger partial charge in [-0.3, -0.25) is 19.3 Å². The predicted molar refractivity (Wildman–Crippen MR) is 128 cm³/mol. The van der Waals surface area contributed by atoms with Crippen LogP contribution in [0.15, 0.2) is 71.2 Å². The molecule has 1 atom stereocenters. The second kappa shape index (κ2) is 9.19. The van der Waals surface area contributed by atoms with E-state index in [9.17, 15) is 27.6 Å².